The summed E-state index contributed by atoms with van der Waals surface area (Å²) in [4.78, 5) is 29.4. The van der Waals surface area contributed by atoms with Crippen LogP contribution < -0.4 is 5.32 Å². The minimum atomic E-state index is -1.14. The van der Waals surface area contributed by atoms with Gasteiger partial charge in [-0.3, -0.25) is 4.79 Å². The lowest BCUT2D eigenvalue weighted by molar-refractivity contribution is -0.142. The van der Waals surface area contributed by atoms with E-state index in [0.29, 0.717) is 29.7 Å². The predicted molar refractivity (Wildman–Crippen MR) is 144 cm³/mol. The number of allylic oxidation sites excluding steroid dienone is 2. The number of aliphatic carboxylic acids is 1. The summed E-state index contributed by atoms with van der Waals surface area (Å²) in [5.41, 5.74) is 1.64. The molecule has 1 aromatic rings. The van der Waals surface area contributed by atoms with Gasteiger partial charge in [0, 0.05) is 5.41 Å². The number of aliphatic hydroxyl groups is 1. The molecule has 4 aliphatic carbocycles. The van der Waals surface area contributed by atoms with Crippen LogP contribution in [0.5, 0.6) is 0 Å². The van der Waals surface area contributed by atoms with E-state index in [2.05, 4.69) is 36.3 Å². The van der Waals surface area contributed by atoms with E-state index in [9.17, 15) is 19.8 Å². The van der Waals surface area contributed by atoms with Crippen molar-refractivity contribution in [3.05, 3.63) is 47.5 Å². The third kappa shape index (κ3) is 4.33. The molecule has 1 aromatic carbocycles. The number of carbonyl (C=O) groups is 2. The molecule has 202 valence electrons. The van der Waals surface area contributed by atoms with Gasteiger partial charge in [0.25, 0.3) is 5.91 Å². The fraction of sp³-hybridized carbons (Fsp3) is 0.581. The van der Waals surface area contributed by atoms with E-state index in [-0.39, 0.29) is 17.4 Å². The third-order valence-electron chi connectivity index (χ3n) is 10.4. The molecule has 4 aliphatic rings. The van der Waals surface area contributed by atoms with Crippen LogP contribution in [-0.4, -0.2) is 40.0 Å². The van der Waals surface area contributed by atoms with E-state index in [1.165, 1.54) is 5.57 Å². The minimum Gasteiger partial charge on any atom is -0.479 e. The Balaban J connectivity index is 1.22. The van der Waals surface area contributed by atoms with Crippen LogP contribution in [0.4, 0.5) is 0 Å². The summed E-state index contributed by atoms with van der Waals surface area (Å²) in [5, 5.41) is 27.5. The van der Waals surface area contributed by atoms with Gasteiger partial charge >= 0.3 is 5.97 Å². The number of carboxylic acid groups (broad SMARTS) is 1. The van der Waals surface area contributed by atoms with Gasteiger partial charge in [-0.1, -0.05) is 60.8 Å². The molecule has 0 aliphatic heterocycles. The fourth-order valence-corrected chi connectivity index (χ4v) is 8.21. The van der Waals surface area contributed by atoms with Crippen LogP contribution in [0, 0.1) is 40.9 Å². The molecule has 0 heterocycles. The van der Waals surface area contributed by atoms with E-state index >= 15 is 0 Å². The molecule has 7 atom stereocenters. The minimum absolute atomic E-state index is 0.0991. The first kappa shape index (κ1) is 26.5. The zero-order valence-electron chi connectivity index (χ0n) is 22.3. The van der Waals surface area contributed by atoms with Gasteiger partial charge in [-0.2, -0.15) is 0 Å². The number of benzene rings is 1. The monoisotopic (exact) mass is 518 g/mol. The Bertz CT molecular complexity index is 1200. The van der Waals surface area contributed by atoms with E-state index in [1.54, 1.807) is 30.3 Å². The normalized spacial score (nSPS) is 37.6. The predicted octanol–water partition coefficient (Wildman–Crippen LogP) is 4.63. The maximum Gasteiger partial charge on any atom is 0.330 e. The highest BCUT2D eigenvalue weighted by Gasteiger charge is 2.63. The van der Waals surface area contributed by atoms with E-state index in [4.69, 9.17) is 11.3 Å². The Kier molecular flexibility index (Phi) is 6.89. The summed E-state index contributed by atoms with van der Waals surface area (Å²) in [7, 11) is 0. The van der Waals surface area contributed by atoms with Crippen LogP contribution in [-0.2, 0) is 14.4 Å². The molecular weight excluding hydrogens is 480 g/mol. The number of nitrogens with one attached hydrogen (secondary N) is 1. The molecule has 7 nitrogen and oxygen atoms in total. The first-order chi connectivity index (χ1) is 18.1. The van der Waals surface area contributed by atoms with Gasteiger partial charge < -0.3 is 20.4 Å². The van der Waals surface area contributed by atoms with Crippen molar-refractivity contribution in [2.75, 3.05) is 6.61 Å². The zero-order chi connectivity index (χ0) is 27.1. The largest absolute Gasteiger partial charge is 0.479 e. The molecule has 0 unspecified atom stereocenters. The third-order valence-corrected chi connectivity index (χ3v) is 10.4. The second kappa shape index (κ2) is 9.89. The number of hydrogen-bond donors (Lipinski definition) is 3. The van der Waals surface area contributed by atoms with Crippen molar-refractivity contribution in [1.82, 2.24) is 5.32 Å². The molecule has 0 saturated heterocycles. The number of rotatable bonds is 6. The number of terminal acetylenes is 1. The number of carboxylic acids is 1. The van der Waals surface area contributed by atoms with Crippen LogP contribution in [0.2, 0.25) is 0 Å². The molecule has 3 saturated carbocycles. The first-order valence-corrected chi connectivity index (χ1v) is 13.8. The second-order valence-corrected chi connectivity index (χ2v) is 12.1. The summed E-state index contributed by atoms with van der Waals surface area (Å²) in [6, 6.07) is 7.44. The van der Waals surface area contributed by atoms with Gasteiger partial charge in [-0.15, -0.1) is 6.42 Å². The molecule has 7 heteroatoms. The Morgan fingerprint density at radius 3 is 2.58 bits per heavy atom. The van der Waals surface area contributed by atoms with Gasteiger partial charge in [-0.25, -0.2) is 4.79 Å². The summed E-state index contributed by atoms with van der Waals surface area (Å²) >= 11 is 0. The number of amides is 1. The molecule has 38 heavy (non-hydrogen) atoms. The fourth-order valence-electron chi connectivity index (χ4n) is 8.21. The van der Waals surface area contributed by atoms with Crippen LogP contribution in [0.1, 0.15) is 76.8 Å². The topological polar surface area (TPSA) is 108 Å². The zero-order valence-corrected chi connectivity index (χ0v) is 22.3. The molecular formula is C31H38N2O5. The lowest BCUT2D eigenvalue weighted by Gasteiger charge is -2.58. The van der Waals surface area contributed by atoms with Crippen molar-refractivity contribution < 1.29 is 24.6 Å². The van der Waals surface area contributed by atoms with Gasteiger partial charge in [0.2, 0.25) is 0 Å². The van der Waals surface area contributed by atoms with Crippen LogP contribution in [0.15, 0.2) is 47.1 Å². The summed E-state index contributed by atoms with van der Waals surface area (Å²) < 4.78 is 0. The van der Waals surface area contributed by atoms with Gasteiger partial charge in [0.1, 0.15) is 5.60 Å². The Labute approximate surface area is 224 Å². The highest BCUT2D eigenvalue weighted by atomic mass is 16.6. The Morgan fingerprint density at radius 2 is 1.87 bits per heavy atom. The summed E-state index contributed by atoms with van der Waals surface area (Å²) in [6.45, 7) is 4.26. The molecule has 0 aromatic heterocycles. The molecule has 3 fully saturated rings. The van der Waals surface area contributed by atoms with Crippen molar-refractivity contribution in [1.29, 1.82) is 0 Å². The van der Waals surface area contributed by atoms with E-state index < -0.39 is 23.5 Å². The first-order valence-electron chi connectivity index (χ1n) is 13.8. The molecule has 5 rings (SSSR count). The molecule has 1 amide bonds. The second-order valence-electron chi connectivity index (χ2n) is 12.1. The number of fused-ring (bicyclic) bond motifs is 5. The van der Waals surface area contributed by atoms with Gasteiger partial charge in [0.05, 0.1) is 5.71 Å². The van der Waals surface area contributed by atoms with Crippen molar-refractivity contribution >= 4 is 17.6 Å². The maximum atomic E-state index is 12.4. The lowest BCUT2D eigenvalue weighted by Crippen LogP contribution is -2.54. The number of oxime groups is 1. The van der Waals surface area contributed by atoms with E-state index in [0.717, 1.165) is 50.7 Å². The lowest BCUT2D eigenvalue weighted by atomic mass is 9.46. The van der Waals surface area contributed by atoms with Gasteiger partial charge in [0.15, 0.2) is 12.6 Å². The van der Waals surface area contributed by atoms with Gasteiger partial charge in [-0.05, 0) is 86.2 Å². The number of hydrogen-bond acceptors (Lipinski definition) is 5. The Hall–Kier alpha value is -3.11. The molecule has 0 bridgehead atoms. The van der Waals surface area contributed by atoms with Crippen molar-refractivity contribution in [3.63, 3.8) is 0 Å². The quantitative estimate of drug-likeness (QED) is 0.376. The average Bonchev–Trinajstić information content (AvgIpc) is 3.18. The average molecular weight is 519 g/mol. The molecule has 3 N–H and O–H groups in total. The number of nitrogens with zero attached hydrogens (tertiary/aromatic N) is 1. The highest BCUT2D eigenvalue weighted by Crippen LogP contribution is 2.67. The summed E-state index contributed by atoms with van der Waals surface area (Å²) in [5.74, 6) is 2.69. The SMILES string of the molecule is C#C[C@@]1(O)CC[C@H]2[C@@H]3CCC4=C/C(=N/OCC(=O)N[C@H](C(=O)O)c5ccccc5)CC[C@]4(C)[C@H]3CC[C@@]21C. The highest BCUT2D eigenvalue weighted by molar-refractivity contribution is 5.96. The maximum absolute atomic E-state index is 12.4. The van der Waals surface area contributed by atoms with E-state index in [1.807, 2.05) is 0 Å². The molecule has 0 spiro atoms. The molecule has 0 radical (unpaired) electrons. The van der Waals surface area contributed by atoms with Crippen molar-refractivity contribution in [2.45, 2.75) is 76.9 Å². The van der Waals surface area contributed by atoms with Crippen LogP contribution in [0.3, 0.4) is 0 Å². The Morgan fingerprint density at radius 1 is 1.13 bits per heavy atom. The standard InChI is InChI=1S/C31H38N2O5/c1-4-31(37)17-14-25-23-11-10-21-18-22(12-15-29(21,2)24(23)13-16-30(25,31)3)33-38-19-26(34)32-27(28(35)36)20-8-6-5-7-9-20/h1,5-9,18,23-25,27,37H,10-17,19H2,2-3H3,(H,32,34)(H,35,36)/b33-22+/t23-,24+,25+,27+,29+,30+,31-/m1/s1. The van der Waals surface area contributed by atoms with Crippen molar-refractivity contribution in [3.8, 4) is 12.3 Å². The van der Waals surface area contributed by atoms with Crippen LogP contribution >= 0.6 is 0 Å². The smallest absolute Gasteiger partial charge is 0.330 e. The van der Waals surface area contributed by atoms with Crippen LogP contribution in [0.25, 0.3) is 0 Å². The number of carbonyl (C=O) groups excluding carboxylic acids is 1. The summed E-state index contributed by atoms with van der Waals surface area (Å²) in [6.07, 6.45) is 15.5. The van der Waals surface area contributed by atoms with Crippen molar-refractivity contribution in [2.24, 2.45) is 33.7 Å².